The molecule has 2 aliphatic rings. The Morgan fingerprint density at radius 2 is 1.52 bits per heavy atom. The van der Waals surface area contributed by atoms with Gasteiger partial charge in [-0.15, -0.1) is 22.7 Å². The first-order valence-corrected chi connectivity index (χ1v) is 13.8. The average molecular weight is 485 g/mol. The Balaban J connectivity index is 1.61. The molecule has 5 heteroatoms. The van der Waals surface area contributed by atoms with Crippen LogP contribution in [0, 0.1) is 13.8 Å². The minimum atomic E-state index is 0.822. The van der Waals surface area contributed by atoms with E-state index in [2.05, 4.69) is 77.6 Å². The fraction of sp³-hybridized carbons (Fsp3) is 0.179. The Morgan fingerprint density at radius 3 is 2.18 bits per heavy atom. The Hall–Kier alpha value is -2.44. The highest BCUT2D eigenvalue weighted by atomic mass is 32.2. The maximum absolute atomic E-state index is 5.69. The Morgan fingerprint density at radius 1 is 0.848 bits per heavy atom. The molecule has 0 fully saturated rings. The van der Waals surface area contributed by atoms with Gasteiger partial charge in [0.1, 0.15) is 0 Å². The molecular weight excluding hydrogens is 461 g/mol. The van der Waals surface area contributed by atoms with Gasteiger partial charge < -0.3 is 0 Å². The molecule has 0 unspecified atom stereocenters. The molecule has 33 heavy (non-hydrogen) atoms. The number of thiophene rings is 2. The van der Waals surface area contributed by atoms with E-state index in [4.69, 9.17) is 5.14 Å². The molecule has 4 aromatic rings. The molecule has 2 aromatic heterocycles. The number of rotatable bonds is 3. The molecule has 0 aliphatic heterocycles. The first-order valence-electron chi connectivity index (χ1n) is 11.2. The van der Waals surface area contributed by atoms with Crippen molar-refractivity contribution >= 4 is 82.6 Å². The zero-order valence-corrected chi connectivity index (χ0v) is 21.1. The first kappa shape index (κ1) is 21.1. The molecule has 0 spiro atoms. The third-order valence-corrected chi connectivity index (χ3v) is 9.41. The number of hydrogen-bond donors (Lipinski definition) is 1. The normalized spacial score (nSPS) is 17.5. The maximum atomic E-state index is 5.69. The number of aryl methyl sites for hydroxylation is 2. The molecule has 0 saturated carbocycles. The van der Waals surface area contributed by atoms with E-state index in [1.165, 1.54) is 64.3 Å². The van der Waals surface area contributed by atoms with Gasteiger partial charge in [-0.1, -0.05) is 36.5 Å². The van der Waals surface area contributed by atoms with E-state index in [0.29, 0.717) is 0 Å². The van der Waals surface area contributed by atoms with Crippen LogP contribution >= 0.6 is 34.8 Å². The van der Waals surface area contributed by atoms with Gasteiger partial charge in [-0.3, -0.25) is 5.14 Å². The smallest absolute Gasteiger partial charge is 0.0618 e. The third-order valence-electron chi connectivity index (χ3n) is 6.85. The summed E-state index contributed by atoms with van der Waals surface area (Å²) in [5, 5.41) is 15.8. The van der Waals surface area contributed by atoms with Crippen LogP contribution in [0.1, 0.15) is 41.5 Å². The van der Waals surface area contributed by atoms with Crippen LogP contribution in [0.25, 0.3) is 42.1 Å². The first-order chi connectivity index (χ1) is 16.2. The van der Waals surface area contributed by atoms with Crippen molar-refractivity contribution in [1.82, 2.24) is 0 Å². The molecule has 164 valence electrons. The lowest BCUT2D eigenvalue weighted by Crippen LogP contribution is -2.03. The van der Waals surface area contributed by atoms with Crippen molar-refractivity contribution in [2.75, 3.05) is 0 Å². The van der Waals surface area contributed by atoms with Crippen LogP contribution in [0.15, 0.2) is 63.7 Å². The summed E-state index contributed by atoms with van der Waals surface area (Å²) in [7, 11) is 0. The number of fused-ring (bicyclic) bond motifs is 3. The monoisotopic (exact) mass is 484 g/mol. The van der Waals surface area contributed by atoms with E-state index in [-0.39, 0.29) is 0 Å². The Labute approximate surface area is 206 Å². The van der Waals surface area contributed by atoms with E-state index in [9.17, 15) is 0 Å². The summed E-state index contributed by atoms with van der Waals surface area (Å²) in [6, 6.07) is 4.85. The van der Waals surface area contributed by atoms with Crippen LogP contribution in [-0.4, -0.2) is 5.71 Å². The number of nitrogens with two attached hydrogens (primary N) is 1. The van der Waals surface area contributed by atoms with Gasteiger partial charge >= 0.3 is 0 Å². The van der Waals surface area contributed by atoms with Gasteiger partial charge in [-0.2, -0.15) is 0 Å². The van der Waals surface area contributed by atoms with Crippen molar-refractivity contribution in [3.63, 3.8) is 0 Å². The summed E-state index contributed by atoms with van der Waals surface area (Å²) in [4.78, 5) is 0. The molecular formula is C28H24N2S3. The van der Waals surface area contributed by atoms with Gasteiger partial charge in [0.05, 0.1) is 17.8 Å². The van der Waals surface area contributed by atoms with E-state index in [1.54, 1.807) is 0 Å². The van der Waals surface area contributed by atoms with E-state index < -0.39 is 0 Å². The Bertz CT molecular complexity index is 1590. The second-order valence-corrected chi connectivity index (χ2v) is 10.8. The topological polar surface area (TPSA) is 38.4 Å². The summed E-state index contributed by atoms with van der Waals surface area (Å²) in [6.45, 7) is 4.57. The summed E-state index contributed by atoms with van der Waals surface area (Å²) in [5.41, 5.74) is 9.13. The van der Waals surface area contributed by atoms with Crippen molar-refractivity contribution in [2.24, 2.45) is 9.54 Å². The largest absolute Gasteiger partial charge is 0.258 e. The molecule has 2 aliphatic carbocycles. The van der Waals surface area contributed by atoms with Crippen molar-refractivity contribution < 1.29 is 0 Å². The zero-order valence-electron chi connectivity index (χ0n) is 18.6. The lowest BCUT2D eigenvalue weighted by Gasteiger charge is -2.14. The van der Waals surface area contributed by atoms with Crippen LogP contribution in [0.4, 0.5) is 0 Å². The number of benzene rings is 2. The summed E-state index contributed by atoms with van der Waals surface area (Å²) in [5.74, 6) is 0. The van der Waals surface area contributed by atoms with Crippen molar-refractivity contribution in [2.45, 2.75) is 33.1 Å². The molecule has 2 aromatic carbocycles. The molecule has 2 N–H and O–H groups in total. The SMILES string of the molecule is Cc1c2cc3c(C4=CC=CC/C4=N\SN)csc3c(C)c2cc2c(C3=CC=CCC3)csc12. The minimum absolute atomic E-state index is 0.822. The zero-order chi connectivity index (χ0) is 22.5. The fourth-order valence-electron chi connectivity index (χ4n) is 5.14. The van der Waals surface area contributed by atoms with Crippen LogP contribution in [0.2, 0.25) is 0 Å². The van der Waals surface area contributed by atoms with Gasteiger partial charge in [-0.05, 0) is 82.6 Å². The van der Waals surface area contributed by atoms with Crippen LogP contribution < -0.4 is 5.14 Å². The predicted octanol–water partition coefficient (Wildman–Crippen LogP) is 8.93. The lowest BCUT2D eigenvalue weighted by atomic mass is 9.90. The lowest BCUT2D eigenvalue weighted by molar-refractivity contribution is 1.06. The van der Waals surface area contributed by atoms with Gasteiger partial charge in [0.2, 0.25) is 0 Å². The van der Waals surface area contributed by atoms with Crippen LogP contribution in [0.3, 0.4) is 0 Å². The molecule has 0 radical (unpaired) electrons. The molecule has 6 rings (SSSR count). The molecule has 0 amide bonds. The summed E-state index contributed by atoms with van der Waals surface area (Å²) >= 11 is 4.77. The van der Waals surface area contributed by atoms with Crippen LogP contribution in [-0.2, 0) is 0 Å². The predicted molar refractivity (Wildman–Crippen MR) is 151 cm³/mol. The van der Waals surface area contributed by atoms with Crippen molar-refractivity contribution in [3.8, 4) is 0 Å². The van der Waals surface area contributed by atoms with E-state index in [1.807, 2.05) is 22.7 Å². The highest BCUT2D eigenvalue weighted by Crippen LogP contribution is 2.44. The molecule has 0 bridgehead atoms. The van der Waals surface area contributed by atoms with Gasteiger partial charge in [-0.25, -0.2) is 4.40 Å². The maximum Gasteiger partial charge on any atom is 0.0618 e. The second kappa shape index (κ2) is 8.41. The fourth-order valence-corrected chi connectivity index (χ4v) is 7.61. The van der Waals surface area contributed by atoms with Crippen molar-refractivity contribution in [3.05, 3.63) is 81.6 Å². The van der Waals surface area contributed by atoms with Gasteiger partial charge in [0.25, 0.3) is 0 Å². The van der Waals surface area contributed by atoms with E-state index >= 15 is 0 Å². The standard InChI is InChI=1S/C28H24N2S3/c1-16-21-13-23-25(19-10-6-7-11-26(19)30-33-29)15-32-28(23)17(2)20(21)12-22-24(14-31-27(16)22)18-8-4-3-5-9-18/h3-4,6-8,10,12-15H,5,9,11,29H2,1-2H3/b30-26+. The quantitative estimate of drug-likeness (QED) is 0.295. The van der Waals surface area contributed by atoms with Gasteiger partial charge in [0, 0.05) is 37.7 Å². The van der Waals surface area contributed by atoms with Gasteiger partial charge in [0.15, 0.2) is 0 Å². The number of hydrogen-bond acceptors (Lipinski definition) is 5. The van der Waals surface area contributed by atoms with E-state index in [0.717, 1.165) is 37.1 Å². The molecule has 2 nitrogen and oxygen atoms in total. The Kier molecular flexibility index (Phi) is 5.38. The third kappa shape index (κ3) is 3.38. The summed E-state index contributed by atoms with van der Waals surface area (Å²) < 4.78 is 7.28. The molecule has 0 saturated heterocycles. The second-order valence-electron chi connectivity index (χ2n) is 8.67. The van der Waals surface area contributed by atoms with Crippen LogP contribution in [0.5, 0.6) is 0 Å². The number of allylic oxidation sites excluding steroid dienone is 8. The highest BCUT2D eigenvalue weighted by molar-refractivity contribution is 7.95. The average Bonchev–Trinajstić information content (AvgIpc) is 3.46. The minimum Gasteiger partial charge on any atom is -0.258 e. The summed E-state index contributed by atoms with van der Waals surface area (Å²) in [6.07, 6.45) is 16.3. The molecule has 2 heterocycles. The molecule has 0 atom stereocenters. The highest BCUT2D eigenvalue weighted by Gasteiger charge is 2.20. The van der Waals surface area contributed by atoms with Crippen molar-refractivity contribution in [1.29, 1.82) is 0 Å². The number of nitrogens with zero attached hydrogens (tertiary/aromatic N) is 1.